The maximum atomic E-state index is 13.2. The third-order valence-electron chi connectivity index (χ3n) is 3.33. The van der Waals surface area contributed by atoms with Crippen LogP contribution < -0.4 is 5.73 Å². The summed E-state index contributed by atoms with van der Waals surface area (Å²) in [4.78, 5) is 0. The van der Waals surface area contributed by atoms with Crippen LogP contribution in [0, 0.1) is 0 Å². The highest BCUT2D eigenvalue weighted by Crippen LogP contribution is 2.43. The van der Waals surface area contributed by atoms with Gasteiger partial charge in [-0.3, -0.25) is 0 Å². The number of aromatic nitrogens is 3. The largest absolute Gasteiger partial charge is 0.383 e. The van der Waals surface area contributed by atoms with Gasteiger partial charge >= 0.3 is 0 Å². The van der Waals surface area contributed by atoms with Crippen molar-refractivity contribution in [3.8, 4) is 0 Å². The maximum Gasteiger partial charge on any atom is 0.248 e. The molecule has 5 nitrogen and oxygen atoms in total. The number of rotatable bonds is 5. The summed E-state index contributed by atoms with van der Waals surface area (Å²) in [6.07, 6.45) is 0.220. The molecule has 1 aromatic rings. The molecule has 1 aliphatic rings. The molecule has 2 rings (SSSR count). The van der Waals surface area contributed by atoms with Gasteiger partial charge < -0.3 is 15.0 Å². The number of hydrogen-bond donors (Lipinski definition) is 1. The van der Waals surface area contributed by atoms with E-state index in [2.05, 4.69) is 10.2 Å². The summed E-state index contributed by atoms with van der Waals surface area (Å²) in [6.45, 7) is 1.29. The van der Waals surface area contributed by atoms with Crippen LogP contribution in [0.3, 0.4) is 0 Å². The van der Waals surface area contributed by atoms with Crippen LogP contribution in [0.4, 0.5) is 8.78 Å². The number of methoxy groups -OCH3 is 1. The van der Waals surface area contributed by atoms with Crippen LogP contribution in [-0.2, 0) is 17.8 Å². The summed E-state index contributed by atoms with van der Waals surface area (Å²) in [5.41, 5.74) is 5.58. The van der Waals surface area contributed by atoms with Crippen molar-refractivity contribution < 1.29 is 13.5 Å². The van der Waals surface area contributed by atoms with Gasteiger partial charge in [0.05, 0.1) is 13.2 Å². The lowest BCUT2D eigenvalue weighted by Gasteiger charge is -2.13. The number of nitrogens with zero attached hydrogens (tertiary/aromatic N) is 3. The smallest absolute Gasteiger partial charge is 0.248 e. The predicted molar refractivity (Wildman–Crippen MR) is 61.3 cm³/mol. The minimum atomic E-state index is -2.58. The molecule has 1 heterocycles. The van der Waals surface area contributed by atoms with Crippen molar-refractivity contribution in [1.29, 1.82) is 0 Å². The third-order valence-corrected chi connectivity index (χ3v) is 3.33. The Morgan fingerprint density at radius 2 is 2.28 bits per heavy atom. The number of alkyl halides is 2. The van der Waals surface area contributed by atoms with Crippen LogP contribution in [0.15, 0.2) is 0 Å². The molecule has 1 fully saturated rings. The summed E-state index contributed by atoms with van der Waals surface area (Å²) in [6, 6.07) is 0. The van der Waals surface area contributed by atoms with E-state index in [9.17, 15) is 8.78 Å². The number of ether oxygens (including phenoxy) is 1. The second-order valence-corrected chi connectivity index (χ2v) is 4.62. The maximum absolute atomic E-state index is 13.2. The zero-order valence-corrected chi connectivity index (χ0v) is 10.4. The first-order valence-electron chi connectivity index (χ1n) is 6.06. The van der Waals surface area contributed by atoms with Gasteiger partial charge in [-0.15, -0.1) is 10.2 Å². The summed E-state index contributed by atoms with van der Waals surface area (Å²) in [5.74, 6) is -1.57. The van der Waals surface area contributed by atoms with Gasteiger partial charge in [0.1, 0.15) is 11.6 Å². The Labute approximate surface area is 104 Å². The summed E-state index contributed by atoms with van der Waals surface area (Å²) in [5, 5.41) is 8.00. The van der Waals surface area contributed by atoms with Gasteiger partial charge in [0.15, 0.2) is 0 Å². The van der Waals surface area contributed by atoms with Crippen LogP contribution >= 0.6 is 0 Å². The number of halogens is 2. The molecule has 1 aliphatic carbocycles. The van der Waals surface area contributed by atoms with Crippen molar-refractivity contribution in [3.05, 3.63) is 11.6 Å². The first-order valence-corrected chi connectivity index (χ1v) is 6.06. The summed E-state index contributed by atoms with van der Waals surface area (Å²) >= 11 is 0. The molecule has 0 bridgehead atoms. The van der Waals surface area contributed by atoms with Crippen LogP contribution in [0.25, 0.3) is 0 Å². The molecule has 0 saturated heterocycles. The first kappa shape index (κ1) is 13.4. The average molecular weight is 260 g/mol. The third kappa shape index (κ3) is 2.67. The van der Waals surface area contributed by atoms with Crippen molar-refractivity contribution in [2.45, 2.75) is 44.2 Å². The van der Waals surface area contributed by atoms with Gasteiger partial charge in [0.25, 0.3) is 0 Å². The lowest BCUT2D eigenvalue weighted by molar-refractivity contribution is 0.00742. The van der Waals surface area contributed by atoms with E-state index in [-0.39, 0.29) is 25.3 Å². The van der Waals surface area contributed by atoms with Gasteiger partial charge in [0, 0.05) is 32.4 Å². The van der Waals surface area contributed by atoms with Crippen LogP contribution in [-0.4, -0.2) is 34.4 Å². The lowest BCUT2D eigenvalue weighted by Crippen LogP contribution is -2.16. The molecular weight excluding hydrogens is 242 g/mol. The normalized spacial score (nSPS) is 22.6. The van der Waals surface area contributed by atoms with E-state index in [1.165, 1.54) is 0 Å². The summed E-state index contributed by atoms with van der Waals surface area (Å²) < 4.78 is 33.3. The Bertz CT molecular complexity index is 408. The number of hydrogen-bond acceptors (Lipinski definition) is 4. The van der Waals surface area contributed by atoms with Gasteiger partial charge in [0.2, 0.25) is 5.92 Å². The quantitative estimate of drug-likeness (QED) is 0.866. The van der Waals surface area contributed by atoms with Gasteiger partial charge in [-0.1, -0.05) is 0 Å². The van der Waals surface area contributed by atoms with Crippen molar-refractivity contribution in [2.75, 3.05) is 13.7 Å². The molecule has 0 aromatic carbocycles. The van der Waals surface area contributed by atoms with E-state index in [1.54, 1.807) is 7.11 Å². The molecule has 0 amide bonds. The second-order valence-electron chi connectivity index (χ2n) is 4.62. The van der Waals surface area contributed by atoms with Crippen molar-refractivity contribution in [2.24, 2.45) is 5.73 Å². The molecule has 18 heavy (non-hydrogen) atoms. The molecular formula is C11H18F2N4O. The van der Waals surface area contributed by atoms with E-state index in [4.69, 9.17) is 10.5 Å². The van der Waals surface area contributed by atoms with Crippen molar-refractivity contribution in [3.63, 3.8) is 0 Å². The van der Waals surface area contributed by atoms with Crippen LogP contribution in [0.5, 0.6) is 0 Å². The zero-order valence-electron chi connectivity index (χ0n) is 10.4. The Kier molecular flexibility index (Phi) is 3.91. The number of nitrogens with two attached hydrogens (primary N) is 1. The van der Waals surface area contributed by atoms with Gasteiger partial charge in [-0.2, -0.15) is 0 Å². The Balaban J connectivity index is 2.19. The molecule has 2 N–H and O–H groups in total. The van der Waals surface area contributed by atoms with Crippen LogP contribution in [0.1, 0.15) is 36.8 Å². The fourth-order valence-electron chi connectivity index (χ4n) is 2.40. The molecule has 1 saturated carbocycles. The molecule has 1 unspecified atom stereocenters. The molecule has 7 heteroatoms. The average Bonchev–Trinajstić information content (AvgIpc) is 2.89. The molecule has 1 aromatic heterocycles. The second kappa shape index (κ2) is 5.27. The molecule has 102 valence electrons. The van der Waals surface area contributed by atoms with Crippen LogP contribution in [0.2, 0.25) is 0 Å². The van der Waals surface area contributed by atoms with Gasteiger partial charge in [-0.25, -0.2) is 8.78 Å². The Morgan fingerprint density at radius 3 is 2.83 bits per heavy atom. The first-order chi connectivity index (χ1) is 8.57. The van der Waals surface area contributed by atoms with E-state index in [1.807, 2.05) is 4.57 Å². The van der Waals surface area contributed by atoms with Gasteiger partial charge in [-0.05, 0) is 6.42 Å². The lowest BCUT2D eigenvalue weighted by atomic mass is 10.1. The Hall–Kier alpha value is -1.08. The fraction of sp³-hybridized carbons (Fsp3) is 0.818. The van der Waals surface area contributed by atoms with E-state index in [0.29, 0.717) is 31.2 Å². The molecule has 0 radical (unpaired) electrons. The molecule has 0 spiro atoms. The highest BCUT2D eigenvalue weighted by Gasteiger charge is 2.42. The highest BCUT2D eigenvalue weighted by molar-refractivity contribution is 5.06. The predicted octanol–water partition coefficient (Wildman–Crippen LogP) is 1.29. The minimum absolute atomic E-state index is 0.0766. The molecule has 1 atom stereocenters. The van der Waals surface area contributed by atoms with E-state index >= 15 is 0 Å². The van der Waals surface area contributed by atoms with E-state index in [0.717, 1.165) is 0 Å². The standard InChI is InChI=1S/C11H18F2N4O/c1-18-5-4-17-9(7-14)15-16-10(17)8-2-3-11(12,13)6-8/h8H,2-7,14H2,1H3. The topological polar surface area (TPSA) is 66.0 Å². The van der Waals surface area contributed by atoms with Crippen molar-refractivity contribution >= 4 is 0 Å². The minimum Gasteiger partial charge on any atom is -0.383 e. The highest BCUT2D eigenvalue weighted by atomic mass is 19.3. The monoisotopic (exact) mass is 260 g/mol. The molecule has 0 aliphatic heterocycles. The van der Waals surface area contributed by atoms with Crippen molar-refractivity contribution in [1.82, 2.24) is 14.8 Å². The Morgan fingerprint density at radius 1 is 1.50 bits per heavy atom. The zero-order chi connectivity index (χ0) is 13.2. The summed E-state index contributed by atoms with van der Waals surface area (Å²) in [7, 11) is 1.59. The SMILES string of the molecule is COCCn1c(CN)nnc1C1CCC(F)(F)C1. The fourth-order valence-corrected chi connectivity index (χ4v) is 2.40. The van der Waals surface area contributed by atoms with E-state index < -0.39 is 5.92 Å².